The van der Waals surface area contributed by atoms with Crippen molar-refractivity contribution in [3.63, 3.8) is 0 Å². The van der Waals surface area contributed by atoms with Crippen LogP contribution in [0.2, 0.25) is 0 Å². The summed E-state index contributed by atoms with van der Waals surface area (Å²) in [6, 6.07) is 11.6. The second-order valence-electron chi connectivity index (χ2n) is 8.90. The van der Waals surface area contributed by atoms with Crippen molar-refractivity contribution < 1.29 is 23.5 Å². The maximum absolute atomic E-state index is 13.4. The van der Waals surface area contributed by atoms with Crippen molar-refractivity contribution in [2.24, 2.45) is 5.92 Å². The molecule has 1 aliphatic heterocycles. The van der Waals surface area contributed by atoms with Gasteiger partial charge in [0.05, 0.1) is 7.11 Å². The van der Waals surface area contributed by atoms with Crippen molar-refractivity contribution >= 4 is 17.8 Å². The predicted octanol–water partition coefficient (Wildman–Crippen LogP) is 2.95. The summed E-state index contributed by atoms with van der Waals surface area (Å²) >= 11 is 0. The van der Waals surface area contributed by atoms with Gasteiger partial charge in [-0.2, -0.15) is 0 Å². The number of nitrogens with one attached hydrogen (secondary N) is 1. The average molecular weight is 470 g/mol. The molecule has 1 saturated heterocycles. The minimum atomic E-state index is -0.676. The number of nitrogens with zero attached hydrogens (tertiary/aromatic N) is 2. The summed E-state index contributed by atoms with van der Waals surface area (Å²) in [6.45, 7) is 7.43. The second-order valence-corrected chi connectivity index (χ2v) is 8.90. The molecule has 2 amide bonds. The standard InChI is InChI=1S/C26H32FN3O4/c1-17(2)22(28-24(31)20-7-5-18(3)6-8-20)25(32)30-15-13-29(14-16-30)23(26(33)34-4)19-9-11-21(27)12-10-19/h5-12,17,22-23H,13-16H2,1-4H3,(H,28,31)/t22-,23-/m0/s1. The molecule has 2 atom stereocenters. The molecule has 8 heteroatoms. The topological polar surface area (TPSA) is 79.0 Å². The number of piperazine rings is 1. The van der Waals surface area contributed by atoms with E-state index < -0.39 is 18.1 Å². The molecule has 2 aromatic rings. The van der Waals surface area contributed by atoms with Crippen molar-refractivity contribution in [2.45, 2.75) is 32.9 Å². The third-order valence-electron chi connectivity index (χ3n) is 6.13. The lowest BCUT2D eigenvalue weighted by Crippen LogP contribution is -2.57. The fraction of sp³-hybridized carbons (Fsp3) is 0.423. The lowest BCUT2D eigenvalue weighted by Gasteiger charge is -2.39. The Kier molecular flexibility index (Phi) is 8.39. The van der Waals surface area contributed by atoms with Gasteiger partial charge in [0, 0.05) is 31.7 Å². The summed E-state index contributed by atoms with van der Waals surface area (Å²) in [5.74, 6) is -1.34. The maximum Gasteiger partial charge on any atom is 0.327 e. The smallest absolute Gasteiger partial charge is 0.327 e. The summed E-state index contributed by atoms with van der Waals surface area (Å²) < 4.78 is 18.4. The van der Waals surface area contributed by atoms with Crippen LogP contribution in [0.1, 0.15) is 41.4 Å². The Bertz CT molecular complexity index is 1000. The van der Waals surface area contributed by atoms with Crippen LogP contribution in [-0.4, -0.2) is 66.9 Å². The SMILES string of the molecule is COC(=O)[C@H](c1ccc(F)cc1)N1CCN(C(=O)[C@@H](NC(=O)c2ccc(C)cc2)C(C)C)CC1. The summed E-state index contributed by atoms with van der Waals surface area (Å²) in [6.07, 6.45) is 0. The Hall–Kier alpha value is -3.26. The molecule has 34 heavy (non-hydrogen) atoms. The molecule has 0 spiro atoms. The van der Waals surface area contributed by atoms with Gasteiger partial charge in [-0.1, -0.05) is 43.7 Å². The molecule has 1 fully saturated rings. The zero-order valence-corrected chi connectivity index (χ0v) is 20.1. The number of rotatable bonds is 7. The number of methoxy groups -OCH3 is 1. The number of halogens is 1. The molecule has 2 aromatic carbocycles. The molecule has 1 heterocycles. The van der Waals surface area contributed by atoms with Crippen molar-refractivity contribution in [1.82, 2.24) is 15.1 Å². The van der Waals surface area contributed by atoms with E-state index in [2.05, 4.69) is 5.32 Å². The Labute approximate surface area is 199 Å². The molecule has 0 aliphatic carbocycles. The summed E-state index contributed by atoms with van der Waals surface area (Å²) in [5, 5.41) is 2.89. The van der Waals surface area contributed by atoms with E-state index in [4.69, 9.17) is 4.74 Å². The van der Waals surface area contributed by atoms with E-state index in [1.54, 1.807) is 29.2 Å². The van der Waals surface area contributed by atoms with Gasteiger partial charge in [0.15, 0.2) is 0 Å². The van der Waals surface area contributed by atoms with Crippen molar-refractivity contribution in [3.05, 3.63) is 71.0 Å². The summed E-state index contributed by atoms with van der Waals surface area (Å²) in [4.78, 5) is 42.2. The number of carbonyl (C=O) groups excluding carboxylic acids is 3. The molecule has 0 bridgehead atoms. The van der Waals surface area contributed by atoms with Crippen molar-refractivity contribution in [3.8, 4) is 0 Å². The van der Waals surface area contributed by atoms with Gasteiger partial charge in [0.1, 0.15) is 17.9 Å². The molecule has 3 rings (SSSR count). The largest absolute Gasteiger partial charge is 0.468 e. The number of esters is 1. The molecular formula is C26H32FN3O4. The van der Waals surface area contributed by atoms with Gasteiger partial charge in [0.25, 0.3) is 5.91 Å². The maximum atomic E-state index is 13.4. The van der Waals surface area contributed by atoms with E-state index in [1.165, 1.54) is 19.2 Å². The summed E-state index contributed by atoms with van der Waals surface area (Å²) in [7, 11) is 1.32. The molecule has 1 aliphatic rings. The van der Waals surface area contributed by atoms with Gasteiger partial charge in [0.2, 0.25) is 5.91 Å². The first-order chi connectivity index (χ1) is 16.2. The van der Waals surface area contributed by atoms with E-state index >= 15 is 0 Å². The molecule has 0 radical (unpaired) electrons. The van der Waals surface area contributed by atoms with Gasteiger partial charge in [-0.05, 0) is 42.7 Å². The quantitative estimate of drug-likeness (QED) is 0.631. The molecule has 0 aromatic heterocycles. The van der Waals surface area contributed by atoms with Crippen LogP contribution in [0.25, 0.3) is 0 Å². The Balaban J connectivity index is 1.67. The zero-order chi connectivity index (χ0) is 24.8. The lowest BCUT2D eigenvalue weighted by atomic mass is 10.0. The minimum absolute atomic E-state index is 0.0954. The number of carbonyl (C=O) groups is 3. The third kappa shape index (κ3) is 5.99. The molecular weight excluding hydrogens is 437 g/mol. The first-order valence-corrected chi connectivity index (χ1v) is 11.4. The van der Waals surface area contributed by atoms with Crippen molar-refractivity contribution in [1.29, 1.82) is 0 Å². The van der Waals surface area contributed by atoms with E-state index in [0.29, 0.717) is 37.3 Å². The molecule has 182 valence electrons. The Morgan fingerprint density at radius 2 is 1.53 bits per heavy atom. The lowest BCUT2D eigenvalue weighted by molar-refractivity contribution is -0.149. The van der Waals surface area contributed by atoms with Crippen LogP contribution in [-0.2, 0) is 14.3 Å². The third-order valence-corrected chi connectivity index (χ3v) is 6.13. The molecule has 0 unspecified atom stereocenters. The van der Waals surface area contributed by atoms with Crippen LogP contribution in [0, 0.1) is 18.7 Å². The highest BCUT2D eigenvalue weighted by Crippen LogP contribution is 2.24. The van der Waals surface area contributed by atoms with Crippen LogP contribution >= 0.6 is 0 Å². The normalized spacial score (nSPS) is 16.1. The van der Waals surface area contributed by atoms with E-state index in [-0.39, 0.29) is 23.5 Å². The highest BCUT2D eigenvalue weighted by atomic mass is 19.1. The average Bonchev–Trinajstić information content (AvgIpc) is 2.83. The minimum Gasteiger partial charge on any atom is -0.468 e. The monoisotopic (exact) mass is 469 g/mol. The van der Waals surface area contributed by atoms with Crippen LogP contribution in [0.4, 0.5) is 4.39 Å². The highest BCUT2D eigenvalue weighted by Gasteiger charge is 2.35. The fourth-order valence-electron chi connectivity index (χ4n) is 4.09. The first kappa shape index (κ1) is 25.4. The van der Waals surface area contributed by atoms with Crippen LogP contribution in [0.5, 0.6) is 0 Å². The molecule has 0 saturated carbocycles. The number of benzene rings is 2. The van der Waals surface area contributed by atoms with Crippen LogP contribution in [0.15, 0.2) is 48.5 Å². The first-order valence-electron chi connectivity index (χ1n) is 11.4. The van der Waals surface area contributed by atoms with E-state index in [1.807, 2.05) is 37.8 Å². The van der Waals surface area contributed by atoms with E-state index in [0.717, 1.165) is 5.56 Å². The Morgan fingerprint density at radius 1 is 0.941 bits per heavy atom. The van der Waals surface area contributed by atoms with Gasteiger partial charge >= 0.3 is 5.97 Å². The molecule has 7 nitrogen and oxygen atoms in total. The number of amides is 2. The van der Waals surface area contributed by atoms with Crippen LogP contribution < -0.4 is 5.32 Å². The number of hydrogen-bond acceptors (Lipinski definition) is 5. The fourth-order valence-corrected chi connectivity index (χ4v) is 4.09. The predicted molar refractivity (Wildman–Crippen MR) is 127 cm³/mol. The van der Waals surface area contributed by atoms with Gasteiger partial charge in [-0.3, -0.25) is 14.5 Å². The number of aryl methyl sites for hydroxylation is 1. The van der Waals surface area contributed by atoms with Crippen molar-refractivity contribution in [2.75, 3.05) is 33.3 Å². The van der Waals surface area contributed by atoms with Gasteiger partial charge in [-0.25, -0.2) is 9.18 Å². The second kappa shape index (κ2) is 11.2. The number of hydrogen-bond donors (Lipinski definition) is 1. The zero-order valence-electron chi connectivity index (χ0n) is 20.1. The number of ether oxygens (including phenoxy) is 1. The summed E-state index contributed by atoms with van der Waals surface area (Å²) in [5.41, 5.74) is 2.20. The highest BCUT2D eigenvalue weighted by molar-refractivity contribution is 5.97. The van der Waals surface area contributed by atoms with Gasteiger partial charge < -0.3 is 15.0 Å². The van der Waals surface area contributed by atoms with E-state index in [9.17, 15) is 18.8 Å². The van der Waals surface area contributed by atoms with Crippen LogP contribution in [0.3, 0.4) is 0 Å². The Morgan fingerprint density at radius 3 is 2.06 bits per heavy atom. The van der Waals surface area contributed by atoms with Gasteiger partial charge in [-0.15, -0.1) is 0 Å². The molecule has 1 N–H and O–H groups in total.